The molecule has 2 saturated heterocycles. The number of pyridine rings is 1. The number of benzene rings is 1. The van der Waals surface area contributed by atoms with Gasteiger partial charge in [0.1, 0.15) is 0 Å². The van der Waals surface area contributed by atoms with Gasteiger partial charge in [-0.2, -0.15) is 0 Å². The molecule has 0 unspecified atom stereocenters. The summed E-state index contributed by atoms with van der Waals surface area (Å²) in [5.74, 6) is 1.62. The Morgan fingerprint density at radius 2 is 1.82 bits per heavy atom. The van der Waals surface area contributed by atoms with E-state index in [-0.39, 0.29) is 41.5 Å². The van der Waals surface area contributed by atoms with E-state index in [1.807, 2.05) is 33.7 Å². The van der Waals surface area contributed by atoms with Gasteiger partial charge in [0.15, 0.2) is 11.5 Å². The van der Waals surface area contributed by atoms with E-state index in [9.17, 15) is 14.4 Å². The molecule has 0 spiro atoms. The summed E-state index contributed by atoms with van der Waals surface area (Å²) in [5, 5.41) is 0. The van der Waals surface area contributed by atoms with Crippen molar-refractivity contribution < 1.29 is 19.1 Å². The van der Waals surface area contributed by atoms with Crippen molar-refractivity contribution in [1.29, 1.82) is 0 Å². The Kier molecular flexibility index (Phi) is 6.06. The minimum Gasteiger partial charge on any atom is -0.493 e. The molecule has 1 aromatic heterocycles. The molecule has 2 fully saturated rings. The van der Waals surface area contributed by atoms with Crippen LogP contribution in [0.1, 0.15) is 30.0 Å². The summed E-state index contributed by atoms with van der Waals surface area (Å²) in [6.07, 6.45) is 1.97. The van der Waals surface area contributed by atoms with Crippen LogP contribution in [-0.4, -0.2) is 66.6 Å². The van der Waals surface area contributed by atoms with E-state index < -0.39 is 0 Å². The van der Waals surface area contributed by atoms with Gasteiger partial charge >= 0.3 is 0 Å². The second-order valence-electron chi connectivity index (χ2n) is 9.62. The highest BCUT2D eigenvalue weighted by atomic mass is 16.5. The van der Waals surface area contributed by atoms with Crippen LogP contribution >= 0.6 is 0 Å². The molecule has 8 nitrogen and oxygen atoms in total. The molecule has 3 aliphatic rings. The SMILES string of the molecule is COc1ccc(CCN2C[C@@H](C(=O)N3C[C@@H]4C[C@H](C3)c3cccc(=O)n3C4)CC2=O)cc1OC. The van der Waals surface area contributed by atoms with Crippen molar-refractivity contribution in [3.05, 3.63) is 58.0 Å². The number of amides is 2. The Morgan fingerprint density at radius 1 is 1.00 bits per heavy atom. The number of piperidine rings is 1. The number of hydrogen-bond acceptors (Lipinski definition) is 5. The first kappa shape index (κ1) is 22.5. The Labute approximate surface area is 199 Å². The van der Waals surface area contributed by atoms with Gasteiger partial charge in [0, 0.05) is 56.8 Å². The minimum absolute atomic E-state index is 0.0351. The Hall–Kier alpha value is -3.29. The number of rotatable bonds is 6. The van der Waals surface area contributed by atoms with Gasteiger partial charge in [-0.3, -0.25) is 14.4 Å². The van der Waals surface area contributed by atoms with Crippen molar-refractivity contribution in [2.45, 2.75) is 31.7 Å². The average Bonchev–Trinajstić information content (AvgIpc) is 3.23. The summed E-state index contributed by atoms with van der Waals surface area (Å²) in [5.41, 5.74) is 2.12. The fourth-order valence-electron chi connectivity index (χ4n) is 5.79. The van der Waals surface area contributed by atoms with Crippen LogP contribution in [0.4, 0.5) is 0 Å². The molecule has 5 rings (SSSR count). The first-order chi connectivity index (χ1) is 16.5. The number of likely N-dealkylation sites (tertiary alicyclic amines) is 2. The maximum Gasteiger partial charge on any atom is 0.250 e. The van der Waals surface area contributed by atoms with E-state index in [1.165, 1.54) is 0 Å². The van der Waals surface area contributed by atoms with Crippen molar-refractivity contribution in [3.8, 4) is 11.5 Å². The van der Waals surface area contributed by atoms with Crippen LogP contribution in [0.15, 0.2) is 41.2 Å². The summed E-state index contributed by atoms with van der Waals surface area (Å²) in [7, 11) is 3.21. The van der Waals surface area contributed by atoms with Crippen molar-refractivity contribution in [3.63, 3.8) is 0 Å². The minimum atomic E-state index is -0.297. The van der Waals surface area contributed by atoms with E-state index in [1.54, 1.807) is 31.3 Å². The van der Waals surface area contributed by atoms with Gasteiger partial charge in [-0.25, -0.2) is 0 Å². The second kappa shape index (κ2) is 9.16. The number of aromatic nitrogens is 1. The monoisotopic (exact) mass is 465 g/mol. The third-order valence-electron chi connectivity index (χ3n) is 7.47. The summed E-state index contributed by atoms with van der Waals surface area (Å²) < 4.78 is 12.5. The fourth-order valence-corrected chi connectivity index (χ4v) is 5.79. The van der Waals surface area contributed by atoms with Crippen LogP contribution in [0.2, 0.25) is 0 Å². The smallest absolute Gasteiger partial charge is 0.250 e. The molecule has 3 atom stereocenters. The van der Waals surface area contributed by atoms with Gasteiger partial charge in [0.25, 0.3) is 5.56 Å². The van der Waals surface area contributed by atoms with E-state index in [0.29, 0.717) is 50.6 Å². The van der Waals surface area contributed by atoms with Crippen molar-refractivity contribution >= 4 is 11.8 Å². The number of hydrogen-bond donors (Lipinski definition) is 0. The summed E-state index contributed by atoms with van der Waals surface area (Å²) >= 11 is 0. The molecule has 0 N–H and O–H groups in total. The molecule has 0 radical (unpaired) electrons. The van der Waals surface area contributed by atoms with Crippen LogP contribution in [0.3, 0.4) is 0 Å². The van der Waals surface area contributed by atoms with Gasteiger partial charge in [0.05, 0.1) is 20.1 Å². The molecule has 2 bridgehead atoms. The molecule has 180 valence electrons. The maximum atomic E-state index is 13.4. The molecule has 0 saturated carbocycles. The fraction of sp³-hybridized carbons (Fsp3) is 0.500. The summed E-state index contributed by atoms with van der Waals surface area (Å²) in [4.78, 5) is 42.1. The zero-order chi connectivity index (χ0) is 23.8. The Morgan fingerprint density at radius 3 is 2.62 bits per heavy atom. The predicted octanol–water partition coefficient (Wildman–Crippen LogP) is 1.90. The number of fused-ring (bicyclic) bond motifs is 4. The molecule has 0 aliphatic carbocycles. The highest BCUT2D eigenvalue weighted by Gasteiger charge is 2.41. The van der Waals surface area contributed by atoms with E-state index in [4.69, 9.17) is 9.47 Å². The number of carbonyl (C=O) groups is 2. The predicted molar refractivity (Wildman–Crippen MR) is 126 cm³/mol. The lowest BCUT2D eigenvalue weighted by atomic mass is 9.82. The third kappa shape index (κ3) is 4.17. The quantitative estimate of drug-likeness (QED) is 0.651. The average molecular weight is 466 g/mol. The van der Waals surface area contributed by atoms with Crippen LogP contribution < -0.4 is 15.0 Å². The number of ether oxygens (including phenoxy) is 2. The van der Waals surface area contributed by atoms with Gasteiger partial charge in [-0.05, 0) is 42.5 Å². The first-order valence-corrected chi connectivity index (χ1v) is 11.9. The number of methoxy groups -OCH3 is 2. The molecular weight excluding hydrogens is 434 g/mol. The molecular formula is C26H31N3O5. The highest BCUT2D eigenvalue weighted by Crippen LogP contribution is 2.36. The molecule has 8 heteroatoms. The topological polar surface area (TPSA) is 81.1 Å². The zero-order valence-corrected chi connectivity index (χ0v) is 19.7. The summed E-state index contributed by atoms with van der Waals surface area (Å²) in [6.45, 7) is 2.98. The van der Waals surface area contributed by atoms with E-state index >= 15 is 0 Å². The van der Waals surface area contributed by atoms with Crippen molar-refractivity contribution in [1.82, 2.24) is 14.4 Å². The molecule has 3 aliphatic heterocycles. The van der Waals surface area contributed by atoms with Crippen LogP contribution in [0.25, 0.3) is 0 Å². The molecule has 2 aromatic rings. The lowest BCUT2D eigenvalue weighted by molar-refractivity contribution is -0.138. The summed E-state index contributed by atoms with van der Waals surface area (Å²) in [6, 6.07) is 11.2. The molecule has 4 heterocycles. The third-order valence-corrected chi connectivity index (χ3v) is 7.47. The van der Waals surface area contributed by atoms with Gasteiger partial charge in [0.2, 0.25) is 11.8 Å². The van der Waals surface area contributed by atoms with Gasteiger partial charge in [-0.1, -0.05) is 12.1 Å². The van der Waals surface area contributed by atoms with E-state index in [0.717, 1.165) is 17.7 Å². The highest BCUT2D eigenvalue weighted by molar-refractivity contribution is 5.89. The van der Waals surface area contributed by atoms with Crippen LogP contribution in [-0.2, 0) is 22.6 Å². The standard InChI is InChI=1S/C26H31N3O5/c1-33-22-7-6-17(11-23(22)34-2)8-9-27-16-20(12-25(27)31)26(32)28-13-18-10-19(15-28)21-4-3-5-24(30)29(21)14-18/h3-7,11,18-20H,8-10,12-16H2,1-2H3/t18-,19+,20-/m0/s1. The Balaban J connectivity index is 1.21. The van der Waals surface area contributed by atoms with Crippen LogP contribution in [0.5, 0.6) is 11.5 Å². The molecule has 34 heavy (non-hydrogen) atoms. The van der Waals surface area contributed by atoms with Crippen molar-refractivity contribution in [2.75, 3.05) is 40.4 Å². The lowest BCUT2D eigenvalue weighted by Gasteiger charge is -2.43. The lowest BCUT2D eigenvalue weighted by Crippen LogP contribution is -2.50. The Bertz CT molecular complexity index is 1160. The first-order valence-electron chi connectivity index (χ1n) is 11.9. The van der Waals surface area contributed by atoms with Gasteiger partial charge in [-0.15, -0.1) is 0 Å². The van der Waals surface area contributed by atoms with Gasteiger partial charge < -0.3 is 23.8 Å². The molecule has 2 amide bonds. The number of carbonyl (C=O) groups excluding carboxylic acids is 2. The largest absolute Gasteiger partial charge is 0.493 e. The van der Waals surface area contributed by atoms with E-state index in [2.05, 4.69) is 0 Å². The normalized spacial score (nSPS) is 23.6. The second-order valence-corrected chi connectivity index (χ2v) is 9.62. The van der Waals surface area contributed by atoms with Crippen LogP contribution in [0, 0.1) is 11.8 Å². The maximum absolute atomic E-state index is 13.4. The molecule has 1 aromatic carbocycles. The van der Waals surface area contributed by atoms with Crippen molar-refractivity contribution in [2.24, 2.45) is 11.8 Å². The number of nitrogens with zero attached hydrogens (tertiary/aromatic N) is 3. The zero-order valence-electron chi connectivity index (χ0n) is 19.7.